The van der Waals surface area contributed by atoms with Crippen molar-refractivity contribution in [1.29, 1.82) is 0 Å². The number of nitrogens with one attached hydrogen (secondary N) is 1. The Labute approximate surface area is 118 Å². The fourth-order valence-electron chi connectivity index (χ4n) is 2.38. The third-order valence-electron chi connectivity index (χ3n) is 3.24. The third kappa shape index (κ3) is 2.35. The number of hydrogen-bond donors (Lipinski definition) is 1. The molecule has 0 atom stereocenters. The van der Waals surface area contributed by atoms with E-state index in [9.17, 15) is 0 Å². The van der Waals surface area contributed by atoms with Crippen molar-refractivity contribution in [1.82, 2.24) is 9.97 Å². The van der Waals surface area contributed by atoms with Crippen molar-refractivity contribution in [3.05, 3.63) is 54.2 Å². The normalized spacial score (nSPS) is 10.7. The van der Waals surface area contributed by atoms with E-state index < -0.39 is 0 Å². The summed E-state index contributed by atoms with van der Waals surface area (Å²) in [7, 11) is 0. The van der Waals surface area contributed by atoms with Crippen LogP contribution in [0.15, 0.2) is 48.5 Å². The van der Waals surface area contributed by atoms with Gasteiger partial charge in [-0.2, -0.15) is 0 Å². The number of hydrogen-bond acceptors (Lipinski definition) is 3. The lowest BCUT2D eigenvalue weighted by Crippen LogP contribution is -2.02. The minimum absolute atomic E-state index is 0.776. The van der Waals surface area contributed by atoms with Gasteiger partial charge in [0.1, 0.15) is 5.82 Å². The fourth-order valence-corrected chi connectivity index (χ4v) is 2.38. The summed E-state index contributed by atoms with van der Waals surface area (Å²) in [6, 6.07) is 16.5. The summed E-state index contributed by atoms with van der Waals surface area (Å²) >= 11 is 0. The zero-order valence-electron chi connectivity index (χ0n) is 11.7. The van der Waals surface area contributed by atoms with E-state index in [1.165, 1.54) is 10.8 Å². The van der Waals surface area contributed by atoms with E-state index in [-0.39, 0.29) is 0 Å². The summed E-state index contributed by atoms with van der Waals surface area (Å²) < 4.78 is 0. The molecule has 0 aliphatic rings. The lowest BCUT2D eigenvalue weighted by Gasteiger charge is -2.09. The Hall–Kier alpha value is -2.42. The molecule has 1 heterocycles. The maximum absolute atomic E-state index is 4.62. The first-order valence-electron chi connectivity index (χ1n) is 6.85. The van der Waals surface area contributed by atoms with Gasteiger partial charge in [0.2, 0.25) is 0 Å². The van der Waals surface area contributed by atoms with Crippen molar-refractivity contribution in [3.63, 3.8) is 0 Å². The highest BCUT2D eigenvalue weighted by atomic mass is 15.0. The zero-order valence-corrected chi connectivity index (χ0v) is 11.7. The summed E-state index contributed by atoms with van der Waals surface area (Å²) in [5, 5.41) is 5.65. The molecule has 0 unspecified atom stereocenters. The molecule has 0 bridgehead atoms. The quantitative estimate of drug-likeness (QED) is 0.775. The number of aryl methyl sites for hydroxylation is 1. The monoisotopic (exact) mass is 263 g/mol. The van der Waals surface area contributed by atoms with Crippen LogP contribution in [-0.2, 0) is 0 Å². The number of rotatable bonds is 3. The van der Waals surface area contributed by atoms with Gasteiger partial charge < -0.3 is 5.32 Å². The van der Waals surface area contributed by atoms with Crippen molar-refractivity contribution in [3.8, 4) is 11.4 Å². The summed E-state index contributed by atoms with van der Waals surface area (Å²) in [6.07, 6.45) is 0. The topological polar surface area (TPSA) is 37.8 Å². The van der Waals surface area contributed by atoms with Gasteiger partial charge >= 0.3 is 0 Å². The standard InChI is InChI=1S/C17H17N3/c1-3-18-16-11-12(2)19-17(20-16)15-10-6-8-13-7-4-5-9-14(13)15/h4-11H,3H2,1-2H3,(H,18,19,20). The van der Waals surface area contributed by atoms with Gasteiger partial charge in [0.15, 0.2) is 5.82 Å². The summed E-state index contributed by atoms with van der Waals surface area (Å²) in [6.45, 7) is 4.91. The number of nitrogens with zero attached hydrogens (tertiary/aromatic N) is 2. The van der Waals surface area contributed by atoms with E-state index in [4.69, 9.17) is 0 Å². The SMILES string of the molecule is CCNc1cc(C)nc(-c2cccc3ccccc23)n1. The third-order valence-corrected chi connectivity index (χ3v) is 3.24. The van der Waals surface area contributed by atoms with Crippen molar-refractivity contribution in [2.24, 2.45) is 0 Å². The second kappa shape index (κ2) is 5.29. The zero-order chi connectivity index (χ0) is 13.9. The second-order valence-electron chi connectivity index (χ2n) is 4.78. The van der Waals surface area contributed by atoms with E-state index in [1.807, 2.05) is 25.1 Å². The van der Waals surface area contributed by atoms with Crippen LogP contribution in [0.4, 0.5) is 5.82 Å². The van der Waals surface area contributed by atoms with Crippen LogP contribution in [0.2, 0.25) is 0 Å². The van der Waals surface area contributed by atoms with Gasteiger partial charge in [-0.05, 0) is 24.6 Å². The van der Waals surface area contributed by atoms with Gasteiger partial charge in [0.05, 0.1) is 0 Å². The number of aromatic nitrogens is 2. The number of anilines is 1. The molecule has 20 heavy (non-hydrogen) atoms. The molecule has 0 radical (unpaired) electrons. The van der Waals surface area contributed by atoms with E-state index in [2.05, 4.69) is 52.5 Å². The van der Waals surface area contributed by atoms with E-state index >= 15 is 0 Å². The van der Waals surface area contributed by atoms with Gasteiger partial charge in [-0.1, -0.05) is 42.5 Å². The molecule has 0 saturated carbocycles. The lowest BCUT2D eigenvalue weighted by atomic mass is 10.0. The van der Waals surface area contributed by atoms with Gasteiger partial charge in [-0.25, -0.2) is 9.97 Å². The smallest absolute Gasteiger partial charge is 0.162 e. The van der Waals surface area contributed by atoms with Crippen LogP contribution < -0.4 is 5.32 Å². The van der Waals surface area contributed by atoms with Crippen LogP contribution in [0.3, 0.4) is 0 Å². The molecule has 3 rings (SSSR count). The molecule has 0 fully saturated rings. The first-order valence-corrected chi connectivity index (χ1v) is 6.85. The van der Waals surface area contributed by atoms with Gasteiger partial charge in [-0.3, -0.25) is 0 Å². The Balaban J connectivity index is 2.20. The molecular weight excluding hydrogens is 246 g/mol. The Morgan fingerprint density at radius 3 is 2.65 bits per heavy atom. The Morgan fingerprint density at radius 2 is 1.80 bits per heavy atom. The average molecular weight is 263 g/mol. The first-order chi connectivity index (χ1) is 9.78. The largest absolute Gasteiger partial charge is 0.370 e. The summed E-state index contributed by atoms with van der Waals surface area (Å²) in [4.78, 5) is 9.21. The molecule has 2 aromatic carbocycles. The number of fused-ring (bicyclic) bond motifs is 1. The molecule has 3 nitrogen and oxygen atoms in total. The summed E-state index contributed by atoms with van der Waals surface area (Å²) in [5.41, 5.74) is 2.05. The first kappa shape index (κ1) is 12.6. The van der Waals surface area contributed by atoms with E-state index in [0.717, 1.165) is 29.4 Å². The predicted molar refractivity (Wildman–Crippen MR) is 83.9 cm³/mol. The highest BCUT2D eigenvalue weighted by Crippen LogP contribution is 2.27. The Morgan fingerprint density at radius 1 is 1.00 bits per heavy atom. The highest BCUT2D eigenvalue weighted by molar-refractivity contribution is 5.95. The molecule has 0 aliphatic heterocycles. The van der Waals surface area contributed by atoms with Crippen LogP contribution in [0.1, 0.15) is 12.6 Å². The fraction of sp³-hybridized carbons (Fsp3) is 0.176. The summed E-state index contributed by atoms with van der Waals surface area (Å²) in [5.74, 6) is 1.65. The van der Waals surface area contributed by atoms with Gasteiger partial charge in [0, 0.05) is 23.9 Å². The van der Waals surface area contributed by atoms with Gasteiger partial charge in [0.25, 0.3) is 0 Å². The van der Waals surface area contributed by atoms with Crippen LogP contribution in [0, 0.1) is 6.92 Å². The van der Waals surface area contributed by atoms with Crippen molar-refractivity contribution in [2.45, 2.75) is 13.8 Å². The Bertz CT molecular complexity index is 745. The van der Waals surface area contributed by atoms with Crippen LogP contribution >= 0.6 is 0 Å². The predicted octanol–water partition coefficient (Wildman–Crippen LogP) is 4.04. The molecule has 1 aromatic heterocycles. The lowest BCUT2D eigenvalue weighted by molar-refractivity contribution is 1.08. The van der Waals surface area contributed by atoms with Crippen LogP contribution in [0.25, 0.3) is 22.2 Å². The maximum atomic E-state index is 4.62. The Kier molecular flexibility index (Phi) is 3.33. The molecule has 1 N–H and O–H groups in total. The second-order valence-corrected chi connectivity index (χ2v) is 4.78. The average Bonchev–Trinajstić information content (AvgIpc) is 2.46. The minimum Gasteiger partial charge on any atom is -0.370 e. The highest BCUT2D eigenvalue weighted by Gasteiger charge is 2.08. The van der Waals surface area contributed by atoms with Crippen LogP contribution in [0.5, 0.6) is 0 Å². The molecule has 100 valence electrons. The molecule has 0 spiro atoms. The molecule has 3 aromatic rings. The molecule has 3 heteroatoms. The van der Waals surface area contributed by atoms with Crippen LogP contribution in [-0.4, -0.2) is 16.5 Å². The molecule has 0 amide bonds. The minimum atomic E-state index is 0.776. The van der Waals surface area contributed by atoms with E-state index in [1.54, 1.807) is 0 Å². The van der Waals surface area contributed by atoms with Crippen molar-refractivity contribution >= 4 is 16.6 Å². The van der Waals surface area contributed by atoms with Crippen molar-refractivity contribution in [2.75, 3.05) is 11.9 Å². The van der Waals surface area contributed by atoms with Gasteiger partial charge in [-0.15, -0.1) is 0 Å². The van der Waals surface area contributed by atoms with Crippen molar-refractivity contribution < 1.29 is 0 Å². The molecule has 0 saturated heterocycles. The van der Waals surface area contributed by atoms with E-state index in [0.29, 0.717) is 0 Å². The molecule has 0 aliphatic carbocycles. The molecular formula is C17H17N3. The maximum Gasteiger partial charge on any atom is 0.162 e. The number of benzene rings is 2.